The highest BCUT2D eigenvalue weighted by molar-refractivity contribution is 7.21. The number of aromatic nitrogens is 2. The minimum absolute atomic E-state index is 0.120. The van der Waals surface area contributed by atoms with Crippen LogP contribution in [0.5, 0.6) is 0 Å². The lowest BCUT2D eigenvalue weighted by Gasteiger charge is -2.44. The second-order valence-corrected chi connectivity index (χ2v) is 25.0. The van der Waals surface area contributed by atoms with Crippen LogP contribution in [0.4, 0.5) is 17.2 Å². The molecule has 12 aromatic carbocycles. The molecule has 372 valence electrons. The van der Waals surface area contributed by atoms with Gasteiger partial charge in [0.15, 0.2) is 8.07 Å². The molecule has 3 nitrogen and oxygen atoms in total. The Hall–Kier alpha value is -10.1. The van der Waals surface area contributed by atoms with E-state index in [-0.39, 0.29) is 6.71 Å². The zero-order valence-electron chi connectivity index (χ0n) is 43.8. The molecule has 0 fully saturated rings. The third-order valence-electron chi connectivity index (χ3n) is 17.2. The second-order valence-electron chi connectivity index (χ2n) is 21.2. The van der Waals surface area contributed by atoms with Gasteiger partial charge in [0.05, 0.1) is 11.0 Å². The number of hydrogen-bond acceptors (Lipinski definition) is 2. The topological polar surface area (TPSA) is 21.1 Å². The van der Waals surface area contributed by atoms with Crippen LogP contribution in [0.15, 0.2) is 303 Å². The van der Waals surface area contributed by atoms with E-state index in [4.69, 9.17) is 4.98 Å². The standard InChI is InChI=1S/C75H50BN3Si/c1-7-26-51(27-8-1)58-40-25-41-61-73-71(52-28-9-2-10-29-52)59-38-19-20-39-60(59)72(53-30-11-3-12-31-53)75(73)76(74(58)61)54-46-47-64-62(48-54)63-50-77-70(49-67(63)78(64)55-32-13-4-14-33-55)79-65-42-21-23-44-68(65)80(56-34-15-5-16-35-56,57-36-17-6-18-37-57)69-45-24-22-43-66(69)79/h1-50H. The van der Waals surface area contributed by atoms with E-state index >= 15 is 0 Å². The molecule has 14 aromatic rings. The van der Waals surface area contributed by atoms with Gasteiger partial charge in [0.25, 0.3) is 0 Å². The predicted octanol–water partition coefficient (Wildman–Crippen LogP) is 14.0. The predicted molar refractivity (Wildman–Crippen MR) is 341 cm³/mol. The summed E-state index contributed by atoms with van der Waals surface area (Å²) in [6.07, 6.45) is 2.15. The zero-order chi connectivity index (χ0) is 52.7. The molecule has 0 N–H and O–H groups in total. The lowest BCUT2D eigenvalue weighted by atomic mass is 9.37. The summed E-state index contributed by atoms with van der Waals surface area (Å²) in [5.41, 5.74) is 19.6. The smallest absolute Gasteiger partial charge is 0.244 e. The molecule has 2 aliphatic rings. The number of para-hydroxylation sites is 3. The molecule has 0 saturated heterocycles. The van der Waals surface area contributed by atoms with Crippen molar-refractivity contribution in [1.82, 2.24) is 9.55 Å². The summed E-state index contributed by atoms with van der Waals surface area (Å²) in [5.74, 6) is 0.875. The average Bonchev–Trinajstić information content (AvgIpc) is 3.44. The monoisotopic (exact) mass is 1030 g/mol. The van der Waals surface area contributed by atoms with E-state index in [2.05, 4.69) is 313 Å². The quantitative estimate of drug-likeness (QED) is 0.141. The van der Waals surface area contributed by atoms with Gasteiger partial charge >= 0.3 is 0 Å². The Bertz CT molecular complexity index is 4610. The molecule has 2 aliphatic heterocycles. The Morgan fingerprint density at radius 3 is 1.45 bits per heavy atom. The largest absolute Gasteiger partial charge is 0.309 e. The third-order valence-corrected chi connectivity index (χ3v) is 22.0. The van der Waals surface area contributed by atoms with Crippen molar-refractivity contribution in [2.75, 3.05) is 4.90 Å². The zero-order valence-corrected chi connectivity index (χ0v) is 44.8. The third kappa shape index (κ3) is 6.84. The van der Waals surface area contributed by atoms with Crippen LogP contribution in [0, 0.1) is 0 Å². The van der Waals surface area contributed by atoms with Crippen LogP contribution in [0.1, 0.15) is 0 Å². The van der Waals surface area contributed by atoms with Crippen LogP contribution in [0.3, 0.4) is 0 Å². The van der Waals surface area contributed by atoms with Crippen molar-refractivity contribution in [3.8, 4) is 50.2 Å². The summed E-state index contributed by atoms with van der Waals surface area (Å²) >= 11 is 0. The molecular weight excluding hydrogens is 982 g/mol. The minimum Gasteiger partial charge on any atom is -0.309 e. The maximum Gasteiger partial charge on any atom is 0.244 e. The SMILES string of the molecule is c1ccc(-c2cccc3c2B(c2ccc4c(c2)c2cnc(N5c6ccccc6[Si](c6ccccc6)(c6ccccc6)c6ccccc65)cc2n4-c2ccccc2)c2c-3c(-c3ccccc3)c3ccccc3c2-c2ccccc2)cc1. The highest BCUT2D eigenvalue weighted by atomic mass is 28.3. The highest BCUT2D eigenvalue weighted by Gasteiger charge is 2.49. The van der Waals surface area contributed by atoms with Gasteiger partial charge in [-0.1, -0.05) is 277 Å². The summed E-state index contributed by atoms with van der Waals surface area (Å²) in [4.78, 5) is 8.02. The number of fused-ring (bicyclic) bond motifs is 9. The Morgan fingerprint density at radius 1 is 0.338 bits per heavy atom. The van der Waals surface area contributed by atoms with E-state index in [0.29, 0.717) is 0 Å². The van der Waals surface area contributed by atoms with Gasteiger partial charge in [0.1, 0.15) is 5.82 Å². The van der Waals surface area contributed by atoms with Crippen molar-refractivity contribution in [3.05, 3.63) is 303 Å². The van der Waals surface area contributed by atoms with Crippen LogP contribution < -0.4 is 42.0 Å². The summed E-state index contributed by atoms with van der Waals surface area (Å²) in [6.45, 7) is -0.120. The number of pyridine rings is 1. The summed E-state index contributed by atoms with van der Waals surface area (Å²) in [7, 11) is -2.83. The van der Waals surface area contributed by atoms with Crippen LogP contribution >= 0.6 is 0 Å². The molecule has 0 saturated carbocycles. The lowest BCUT2D eigenvalue weighted by Crippen LogP contribution is -2.77. The molecule has 0 bridgehead atoms. The fraction of sp³-hybridized carbons (Fsp3) is 0. The number of anilines is 3. The molecule has 2 aromatic heterocycles. The maximum atomic E-state index is 5.59. The number of rotatable bonds is 8. The van der Waals surface area contributed by atoms with Crippen LogP contribution in [0.25, 0.3) is 82.8 Å². The number of benzene rings is 12. The molecule has 0 radical (unpaired) electrons. The van der Waals surface area contributed by atoms with Gasteiger partial charge in [-0.25, -0.2) is 4.98 Å². The molecule has 16 rings (SSSR count). The van der Waals surface area contributed by atoms with Crippen LogP contribution in [-0.2, 0) is 0 Å². The average molecular weight is 1030 g/mol. The van der Waals surface area contributed by atoms with Gasteiger partial charge in [-0.15, -0.1) is 0 Å². The first-order chi connectivity index (χ1) is 39.8. The van der Waals surface area contributed by atoms with Crippen molar-refractivity contribution >= 4 is 102 Å². The van der Waals surface area contributed by atoms with Gasteiger partial charge in [0, 0.05) is 40.1 Å². The molecule has 0 aliphatic carbocycles. The Balaban J connectivity index is 0.968. The van der Waals surface area contributed by atoms with E-state index in [1.807, 2.05) is 0 Å². The van der Waals surface area contributed by atoms with Crippen molar-refractivity contribution in [2.45, 2.75) is 0 Å². The molecule has 5 heteroatoms. The number of hydrogen-bond donors (Lipinski definition) is 0. The van der Waals surface area contributed by atoms with Gasteiger partial charge in [-0.05, 0) is 106 Å². The van der Waals surface area contributed by atoms with Crippen molar-refractivity contribution in [1.29, 1.82) is 0 Å². The first-order valence-corrected chi connectivity index (χ1v) is 29.7. The fourth-order valence-corrected chi connectivity index (χ4v) is 19.1. The van der Waals surface area contributed by atoms with E-state index < -0.39 is 8.07 Å². The van der Waals surface area contributed by atoms with E-state index in [1.54, 1.807) is 0 Å². The fourth-order valence-electron chi connectivity index (χ4n) is 14.0. The van der Waals surface area contributed by atoms with Crippen molar-refractivity contribution in [2.24, 2.45) is 0 Å². The van der Waals surface area contributed by atoms with Gasteiger partial charge < -0.3 is 4.57 Å². The van der Waals surface area contributed by atoms with Gasteiger partial charge in [-0.2, -0.15) is 0 Å². The Kier molecular flexibility index (Phi) is 10.7. The summed E-state index contributed by atoms with van der Waals surface area (Å²) < 4.78 is 2.46. The second kappa shape index (κ2) is 18.6. The van der Waals surface area contributed by atoms with E-state index in [1.165, 1.54) is 92.4 Å². The molecular formula is C75H50BN3Si. The summed E-state index contributed by atoms with van der Waals surface area (Å²) in [5, 5.41) is 10.2. The molecule has 0 atom stereocenters. The lowest BCUT2D eigenvalue weighted by molar-refractivity contribution is 1.16. The van der Waals surface area contributed by atoms with Crippen molar-refractivity contribution < 1.29 is 0 Å². The normalized spacial score (nSPS) is 13.1. The molecule has 0 amide bonds. The molecule has 0 spiro atoms. The summed E-state index contributed by atoms with van der Waals surface area (Å²) in [6, 6.07) is 110. The maximum absolute atomic E-state index is 5.59. The van der Waals surface area contributed by atoms with Gasteiger partial charge in [0.2, 0.25) is 6.71 Å². The molecule has 0 unspecified atom stereocenters. The first kappa shape index (κ1) is 46.1. The van der Waals surface area contributed by atoms with Crippen LogP contribution in [-0.4, -0.2) is 24.3 Å². The number of nitrogens with zero attached hydrogens (tertiary/aromatic N) is 3. The van der Waals surface area contributed by atoms with E-state index in [0.717, 1.165) is 44.7 Å². The van der Waals surface area contributed by atoms with Crippen molar-refractivity contribution in [3.63, 3.8) is 0 Å². The Labute approximate surface area is 467 Å². The highest BCUT2D eigenvalue weighted by Crippen LogP contribution is 2.46. The van der Waals surface area contributed by atoms with Crippen LogP contribution in [0.2, 0.25) is 0 Å². The van der Waals surface area contributed by atoms with E-state index in [9.17, 15) is 0 Å². The molecule has 4 heterocycles. The molecule has 80 heavy (non-hydrogen) atoms. The Morgan fingerprint density at radius 2 is 0.838 bits per heavy atom. The first-order valence-electron chi connectivity index (χ1n) is 27.7. The van der Waals surface area contributed by atoms with Gasteiger partial charge in [-0.3, -0.25) is 4.90 Å². The minimum atomic E-state index is -2.83.